The molecule has 0 radical (unpaired) electrons. The first-order valence-electron chi connectivity index (χ1n) is 9.91. The van der Waals surface area contributed by atoms with Gasteiger partial charge in [-0.2, -0.15) is 0 Å². The summed E-state index contributed by atoms with van der Waals surface area (Å²) in [5.74, 6) is 2.31. The van der Waals surface area contributed by atoms with Crippen LogP contribution in [0.3, 0.4) is 0 Å². The number of methoxy groups -OCH3 is 1. The Bertz CT molecular complexity index is 815. The van der Waals surface area contributed by atoms with Gasteiger partial charge in [0.05, 0.1) is 13.0 Å². The number of hydrogen-bond donors (Lipinski definition) is 1. The van der Waals surface area contributed by atoms with Gasteiger partial charge < -0.3 is 9.84 Å². The summed E-state index contributed by atoms with van der Waals surface area (Å²) in [5, 5.41) is 11.1. The van der Waals surface area contributed by atoms with E-state index in [9.17, 15) is 14.7 Å². The van der Waals surface area contributed by atoms with E-state index in [1.54, 1.807) is 0 Å². The molecule has 0 bridgehead atoms. The highest BCUT2D eigenvalue weighted by atomic mass is 16.5. The largest absolute Gasteiger partial charge is 0.469 e. The Morgan fingerprint density at radius 2 is 2.11 bits per heavy atom. The SMILES string of the molecule is C#CC1(O)CCC2[C@H]3C(=CC[C@@]21C)[C@@]1(C)CCC(=O)CC1=C[C@H]3C(=O)OC. The molecule has 144 valence electrons. The van der Waals surface area contributed by atoms with E-state index in [1.807, 2.05) is 6.08 Å². The fraction of sp³-hybridized carbons (Fsp3) is 0.652. The van der Waals surface area contributed by atoms with E-state index in [0.717, 1.165) is 18.4 Å². The Hall–Kier alpha value is -1.86. The minimum atomic E-state index is -1.15. The lowest BCUT2D eigenvalue weighted by Crippen LogP contribution is -2.52. The number of allylic oxidation sites excluding steroid dienone is 3. The predicted octanol–water partition coefficient (Wildman–Crippen LogP) is 3.20. The third-order valence-corrected chi connectivity index (χ3v) is 8.24. The van der Waals surface area contributed by atoms with Crippen molar-refractivity contribution in [2.75, 3.05) is 7.11 Å². The van der Waals surface area contributed by atoms with Gasteiger partial charge in [-0.05, 0) is 31.6 Å². The Morgan fingerprint density at radius 1 is 1.37 bits per heavy atom. The molecular formula is C23H28O4. The summed E-state index contributed by atoms with van der Waals surface area (Å²) in [7, 11) is 1.42. The van der Waals surface area contributed by atoms with E-state index >= 15 is 0 Å². The fourth-order valence-corrected chi connectivity index (χ4v) is 6.41. The lowest BCUT2D eigenvalue weighted by Gasteiger charge is -2.55. The number of carbonyl (C=O) groups is 2. The van der Waals surface area contributed by atoms with E-state index in [1.165, 1.54) is 12.7 Å². The first-order chi connectivity index (χ1) is 12.7. The Balaban J connectivity index is 1.87. The molecule has 4 rings (SSSR count). The highest BCUT2D eigenvalue weighted by molar-refractivity contribution is 5.84. The van der Waals surface area contributed by atoms with Gasteiger partial charge >= 0.3 is 5.97 Å². The molecule has 27 heavy (non-hydrogen) atoms. The Kier molecular flexibility index (Phi) is 3.99. The molecule has 4 nitrogen and oxygen atoms in total. The van der Waals surface area contributed by atoms with E-state index in [-0.39, 0.29) is 29.0 Å². The monoisotopic (exact) mass is 368 g/mol. The van der Waals surface area contributed by atoms with Crippen molar-refractivity contribution in [3.05, 3.63) is 23.3 Å². The summed E-state index contributed by atoms with van der Waals surface area (Å²) >= 11 is 0. The van der Waals surface area contributed by atoms with Crippen molar-refractivity contribution in [1.29, 1.82) is 0 Å². The second kappa shape index (κ2) is 5.82. The number of Topliss-reactive ketones (excluding diaryl/α,β-unsaturated/α-hetero) is 1. The molecule has 0 aromatic carbocycles. The number of aliphatic hydroxyl groups is 1. The van der Waals surface area contributed by atoms with Crippen molar-refractivity contribution >= 4 is 11.8 Å². The quantitative estimate of drug-likeness (QED) is 0.439. The van der Waals surface area contributed by atoms with Crippen LogP contribution in [0.25, 0.3) is 0 Å². The van der Waals surface area contributed by atoms with E-state index in [0.29, 0.717) is 25.7 Å². The van der Waals surface area contributed by atoms with Crippen LogP contribution in [0.1, 0.15) is 52.4 Å². The maximum absolute atomic E-state index is 12.7. The molecule has 2 unspecified atom stereocenters. The molecule has 0 heterocycles. The van der Waals surface area contributed by atoms with Crippen LogP contribution in [0.2, 0.25) is 0 Å². The smallest absolute Gasteiger partial charge is 0.313 e. The number of rotatable bonds is 1. The van der Waals surface area contributed by atoms with Gasteiger partial charge in [-0.25, -0.2) is 0 Å². The molecule has 0 amide bonds. The molecule has 4 heteroatoms. The number of terminal acetylenes is 1. The maximum atomic E-state index is 12.7. The van der Waals surface area contributed by atoms with Crippen LogP contribution in [-0.2, 0) is 14.3 Å². The molecule has 0 aliphatic heterocycles. The molecule has 0 aromatic rings. The number of ketones is 1. The number of carbonyl (C=O) groups excluding carboxylic acids is 2. The zero-order valence-corrected chi connectivity index (χ0v) is 16.4. The molecule has 0 spiro atoms. The number of esters is 1. The highest BCUT2D eigenvalue weighted by Gasteiger charge is 2.63. The van der Waals surface area contributed by atoms with Crippen LogP contribution >= 0.6 is 0 Å². The average molecular weight is 368 g/mol. The van der Waals surface area contributed by atoms with Crippen LogP contribution in [0.5, 0.6) is 0 Å². The van der Waals surface area contributed by atoms with Crippen LogP contribution in [0, 0.1) is 40.9 Å². The zero-order chi connectivity index (χ0) is 19.6. The van der Waals surface area contributed by atoms with Gasteiger partial charge in [0.1, 0.15) is 11.4 Å². The van der Waals surface area contributed by atoms with Gasteiger partial charge in [0.2, 0.25) is 0 Å². The van der Waals surface area contributed by atoms with E-state index < -0.39 is 16.9 Å². The van der Waals surface area contributed by atoms with E-state index in [2.05, 4.69) is 25.8 Å². The zero-order valence-electron chi connectivity index (χ0n) is 16.4. The van der Waals surface area contributed by atoms with Crippen LogP contribution < -0.4 is 0 Å². The molecule has 0 aromatic heterocycles. The summed E-state index contributed by atoms with van der Waals surface area (Å²) in [6, 6.07) is 0. The Morgan fingerprint density at radius 3 is 2.78 bits per heavy atom. The van der Waals surface area contributed by atoms with Gasteiger partial charge in [-0.15, -0.1) is 6.42 Å². The molecule has 4 aliphatic carbocycles. The van der Waals surface area contributed by atoms with Crippen molar-refractivity contribution in [1.82, 2.24) is 0 Å². The minimum Gasteiger partial charge on any atom is -0.469 e. The third-order valence-electron chi connectivity index (χ3n) is 8.24. The summed E-state index contributed by atoms with van der Waals surface area (Å²) in [6.07, 6.45) is 13.8. The number of fused-ring (bicyclic) bond motifs is 5. The van der Waals surface area contributed by atoms with Crippen LogP contribution in [0.4, 0.5) is 0 Å². The predicted molar refractivity (Wildman–Crippen MR) is 101 cm³/mol. The Labute approximate surface area is 161 Å². The van der Waals surface area contributed by atoms with Crippen molar-refractivity contribution in [2.45, 2.75) is 58.0 Å². The summed E-state index contributed by atoms with van der Waals surface area (Å²) in [5.41, 5.74) is 0.542. The van der Waals surface area contributed by atoms with Crippen molar-refractivity contribution in [3.63, 3.8) is 0 Å². The van der Waals surface area contributed by atoms with Crippen LogP contribution in [0.15, 0.2) is 23.3 Å². The second-order valence-electron chi connectivity index (χ2n) is 9.25. The third kappa shape index (κ3) is 2.27. The van der Waals surface area contributed by atoms with Crippen molar-refractivity contribution in [3.8, 4) is 12.3 Å². The van der Waals surface area contributed by atoms with Gasteiger partial charge in [0, 0.05) is 29.6 Å². The molecule has 6 atom stereocenters. The average Bonchev–Trinajstić information content (AvgIpc) is 2.93. The lowest BCUT2D eigenvalue weighted by molar-refractivity contribution is -0.147. The van der Waals surface area contributed by atoms with Gasteiger partial charge in [-0.1, -0.05) is 43.1 Å². The van der Waals surface area contributed by atoms with E-state index in [4.69, 9.17) is 11.2 Å². The first kappa shape index (κ1) is 18.5. The molecule has 1 N–H and O–H groups in total. The van der Waals surface area contributed by atoms with Crippen molar-refractivity contribution < 1.29 is 19.4 Å². The first-order valence-corrected chi connectivity index (χ1v) is 9.91. The topological polar surface area (TPSA) is 63.6 Å². The molecule has 2 fully saturated rings. The second-order valence-corrected chi connectivity index (χ2v) is 9.25. The standard InChI is InChI=1S/C23H28O4/c1-5-23(26)11-8-18-19-16(20(25)27-4)13-14-12-15(24)6-9-21(14,2)17(19)7-10-22(18,23)3/h1,7,13,16,18-19,26H,6,8-12H2,2-4H3/t16-,18?,19-,21+,22+,23?/m1/s1. The minimum absolute atomic E-state index is 0.0273. The molecular weight excluding hydrogens is 340 g/mol. The van der Waals surface area contributed by atoms with Gasteiger partial charge in [-0.3, -0.25) is 9.59 Å². The summed E-state index contributed by atoms with van der Waals surface area (Å²) in [4.78, 5) is 24.8. The lowest BCUT2D eigenvalue weighted by atomic mass is 9.49. The molecule has 4 aliphatic rings. The van der Waals surface area contributed by atoms with Crippen molar-refractivity contribution in [2.24, 2.45) is 28.6 Å². The van der Waals surface area contributed by atoms with Gasteiger partial charge in [0.25, 0.3) is 0 Å². The number of hydrogen-bond acceptors (Lipinski definition) is 4. The summed E-state index contributed by atoms with van der Waals surface area (Å²) < 4.78 is 5.14. The van der Waals surface area contributed by atoms with Crippen LogP contribution in [-0.4, -0.2) is 29.6 Å². The fourth-order valence-electron chi connectivity index (χ4n) is 6.41. The summed E-state index contributed by atoms with van der Waals surface area (Å²) in [6.45, 7) is 4.28. The highest BCUT2D eigenvalue weighted by Crippen LogP contribution is 2.65. The normalized spacial score (nSPS) is 45.6. The maximum Gasteiger partial charge on any atom is 0.313 e. The van der Waals surface area contributed by atoms with Gasteiger partial charge in [0.15, 0.2) is 0 Å². The molecule has 0 saturated heterocycles. The molecule has 2 saturated carbocycles. The number of ether oxygens (including phenoxy) is 1.